The van der Waals surface area contributed by atoms with E-state index in [4.69, 9.17) is 10.6 Å². The van der Waals surface area contributed by atoms with Crippen LogP contribution in [-0.2, 0) is 16.1 Å². The van der Waals surface area contributed by atoms with Gasteiger partial charge in [0.2, 0.25) is 5.91 Å². The summed E-state index contributed by atoms with van der Waals surface area (Å²) in [6.07, 6.45) is 5.46. The van der Waals surface area contributed by atoms with Crippen molar-refractivity contribution in [3.8, 4) is 33.6 Å². The van der Waals surface area contributed by atoms with Gasteiger partial charge in [0.15, 0.2) is 0 Å². The third-order valence-corrected chi connectivity index (χ3v) is 8.88. The Morgan fingerprint density at radius 3 is 2.17 bits per heavy atom. The molecule has 246 valence electrons. The van der Waals surface area contributed by atoms with E-state index < -0.39 is 12.1 Å². The van der Waals surface area contributed by atoms with Crippen molar-refractivity contribution in [3.63, 3.8) is 0 Å². The quantitative estimate of drug-likeness (QED) is 0.152. The Bertz CT molecular complexity index is 1710. The van der Waals surface area contributed by atoms with E-state index >= 15 is 0 Å². The molecule has 0 bridgehead atoms. The smallest absolute Gasteiger partial charge is 0.407 e. The van der Waals surface area contributed by atoms with E-state index in [-0.39, 0.29) is 23.9 Å². The number of nitrogens with two attached hydrogens (primary N) is 1. The molecule has 0 radical (unpaired) electrons. The number of carbonyl (C=O) groups is 3. The SMILES string of the molecule is COC(=O)N[C@H](C(=O)N1CCC[C@H]1c1ncc(-c2ccc(-c3ccc(-c4cnc(CN5CCCN(N)C5=O)[nH]4)cc3)cc2)[nH]1)C(C)C. The number of likely N-dealkylation sites (tertiary alicyclic amines) is 1. The molecule has 4 heterocycles. The van der Waals surface area contributed by atoms with Crippen LogP contribution in [0.5, 0.6) is 0 Å². The number of aromatic nitrogens is 4. The third-order valence-electron chi connectivity index (χ3n) is 8.88. The molecule has 6 rings (SSSR count). The predicted octanol–water partition coefficient (Wildman–Crippen LogP) is 4.68. The molecule has 2 atom stereocenters. The van der Waals surface area contributed by atoms with E-state index in [1.165, 1.54) is 12.1 Å². The fourth-order valence-electron chi connectivity index (χ4n) is 6.25. The van der Waals surface area contributed by atoms with Crippen LogP contribution in [-0.4, -0.2) is 85.6 Å². The van der Waals surface area contributed by atoms with Gasteiger partial charge in [-0.3, -0.25) is 9.80 Å². The highest BCUT2D eigenvalue weighted by molar-refractivity contribution is 5.86. The number of urea groups is 1. The van der Waals surface area contributed by atoms with E-state index in [1.54, 1.807) is 17.3 Å². The number of amides is 4. The van der Waals surface area contributed by atoms with Gasteiger partial charge < -0.3 is 29.8 Å². The number of hydrogen-bond acceptors (Lipinski definition) is 7. The molecule has 5 N–H and O–H groups in total. The number of hydrazine groups is 1. The van der Waals surface area contributed by atoms with Gasteiger partial charge >= 0.3 is 12.1 Å². The van der Waals surface area contributed by atoms with Gasteiger partial charge in [-0.05, 0) is 47.4 Å². The van der Waals surface area contributed by atoms with Gasteiger partial charge in [-0.2, -0.15) is 0 Å². The minimum Gasteiger partial charge on any atom is -0.453 e. The molecule has 4 amide bonds. The number of H-pyrrole nitrogens is 2. The Morgan fingerprint density at radius 2 is 1.53 bits per heavy atom. The van der Waals surface area contributed by atoms with E-state index in [9.17, 15) is 14.4 Å². The highest BCUT2D eigenvalue weighted by atomic mass is 16.5. The minimum absolute atomic E-state index is 0.0931. The lowest BCUT2D eigenvalue weighted by molar-refractivity contribution is -0.135. The summed E-state index contributed by atoms with van der Waals surface area (Å²) in [5.41, 5.74) is 5.89. The normalized spacial score (nSPS) is 17.3. The summed E-state index contributed by atoms with van der Waals surface area (Å²) in [4.78, 5) is 57.0. The number of hydrogen-bond donors (Lipinski definition) is 4. The van der Waals surface area contributed by atoms with E-state index in [0.717, 1.165) is 58.7 Å². The van der Waals surface area contributed by atoms with Crippen molar-refractivity contribution in [2.45, 2.75) is 51.7 Å². The summed E-state index contributed by atoms with van der Waals surface area (Å²) in [5.74, 6) is 6.99. The van der Waals surface area contributed by atoms with Crippen LogP contribution in [0.1, 0.15) is 50.8 Å². The molecule has 47 heavy (non-hydrogen) atoms. The minimum atomic E-state index is -0.675. The highest BCUT2D eigenvalue weighted by Gasteiger charge is 2.37. The highest BCUT2D eigenvalue weighted by Crippen LogP contribution is 2.33. The van der Waals surface area contributed by atoms with Crippen molar-refractivity contribution >= 4 is 18.0 Å². The molecule has 13 nitrogen and oxygen atoms in total. The first kappa shape index (κ1) is 31.8. The third kappa shape index (κ3) is 6.85. The number of aromatic amines is 2. The summed E-state index contributed by atoms with van der Waals surface area (Å²) in [5, 5.41) is 3.94. The molecule has 2 aromatic heterocycles. The van der Waals surface area contributed by atoms with Gasteiger partial charge in [-0.25, -0.2) is 25.4 Å². The van der Waals surface area contributed by atoms with Crippen LogP contribution in [0.15, 0.2) is 60.9 Å². The standard InChI is InChI=1S/C34H41N9O4/c1-21(2)30(40-33(45)47-3)32(44)42-16-4-6-28(42)31-37-19-27(39-31)25-13-9-23(10-14-25)22-7-11-24(12-8-22)26-18-36-29(38-26)20-41-15-5-17-43(35)34(41)46/h7-14,18-19,21,28,30H,4-6,15-17,20,35H2,1-3H3,(H,36,38)(H,37,39)(H,40,45)/t28-,30-/m0/s1. The van der Waals surface area contributed by atoms with E-state index in [1.807, 2.05) is 18.7 Å². The number of ether oxygens (including phenoxy) is 1. The summed E-state index contributed by atoms with van der Waals surface area (Å²) < 4.78 is 4.74. The molecule has 0 aliphatic carbocycles. The molecule has 2 aliphatic heterocycles. The fourth-order valence-corrected chi connectivity index (χ4v) is 6.25. The van der Waals surface area contributed by atoms with E-state index in [2.05, 4.69) is 73.8 Å². The van der Waals surface area contributed by atoms with Crippen molar-refractivity contribution < 1.29 is 19.1 Å². The van der Waals surface area contributed by atoms with Crippen LogP contribution in [0.25, 0.3) is 33.6 Å². The Morgan fingerprint density at radius 1 is 0.915 bits per heavy atom. The van der Waals surface area contributed by atoms with Crippen molar-refractivity contribution in [2.24, 2.45) is 11.8 Å². The first-order valence-electron chi connectivity index (χ1n) is 16.0. The lowest BCUT2D eigenvalue weighted by Gasteiger charge is -2.32. The molecular weight excluding hydrogens is 598 g/mol. The lowest BCUT2D eigenvalue weighted by Crippen LogP contribution is -2.52. The number of nitrogens with one attached hydrogen (secondary N) is 3. The fraction of sp³-hybridized carbons (Fsp3) is 0.382. The zero-order chi connectivity index (χ0) is 33.1. The number of methoxy groups -OCH3 is 1. The van der Waals surface area contributed by atoms with Crippen LogP contribution >= 0.6 is 0 Å². The predicted molar refractivity (Wildman–Crippen MR) is 176 cm³/mol. The van der Waals surface area contributed by atoms with E-state index in [0.29, 0.717) is 32.0 Å². The summed E-state index contributed by atoms with van der Waals surface area (Å²) in [6, 6.07) is 15.5. The second-order valence-electron chi connectivity index (χ2n) is 12.4. The van der Waals surface area contributed by atoms with Crippen LogP contribution in [0.3, 0.4) is 0 Å². The maximum absolute atomic E-state index is 13.5. The molecular formula is C34H41N9O4. The molecule has 0 unspecified atom stereocenters. The topological polar surface area (TPSA) is 166 Å². The molecule has 13 heteroatoms. The summed E-state index contributed by atoms with van der Waals surface area (Å²) >= 11 is 0. The first-order chi connectivity index (χ1) is 22.7. The van der Waals surface area contributed by atoms with Gasteiger partial charge in [-0.15, -0.1) is 0 Å². The van der Waals surface area contributed by atoms with Gasteiger partial charge in [0.1, 0.15) is 17.7 Å². The average Bonchev–Trinajstić information content (AvgIpc) is 3.87. The van der Waals surface area contributed by atoms with Gasteiger partial charge in [0.05, 0.1) is 43.5 Å². The second-order valence-corrected chi connectivity index (χ2v) is 12.4. The summed E-state index contributed by atoms with van der Waals surface area (Å²) in [6.45, 7) is 6.03. The maximum Gasteiger partial charge on any atom is 0.407 e. The molecule has 0 saturated carbocycles. The Balaban J connectivity index is 1.10. The Kier molecular flexibility index (Phi) is 9.25. The average molecular weight is 640 g/mol. The molecule has 0 spiro atoms. The van der Waals surface area contributed by atoms with Gasteiger partial charge in [0, 0.05) is 19.6 Å². The van der Waals surface area contributed by atoms with Crippen molar-refractivity contribution in [1.82, 2.24) is 40.1 Å². The molecule has 2 fully saturated rings. The largest absolute Gasteiger partial charge is 0.453 e. The number of rotatable bonds is 9. The first-order valence-corrected chi connectivity index (χ1v) is 16.0. The monoisotopic (exact) mass is 639 g/mol. The zero-order valence-corrected chi connectivity index (χ0v) is 26.9. The number of benzene rings is 2. The van der Waals surface area contributed by atoms with Crippen molar-refractivity contribution in [3.05, 3.63) is 72.6 Å². The van der Waals surface area contributed by atoms with Gasteiger partial charge in [-0.1, -0.05) is 62.4 Å². The molecule has 2 aliphatic rings. The lowest BCUT2D eigenvalue weighted by atomic mass is 10.0. The second kappa shape index (κ2) is 13.7. The molecule has 2 saturated heterocycles. The van der Waals surface area contributed by atoms with Crippen molar-refractivity contribution in [2.75, 3.05) is 26.7 Å². The summed E-state index contributed by atoms with van der Waals surface area (Å²) in [7, 11) is 1.29. The number of imidazole rings is 2. The Hall–Kier alpha value is -5.17. The van der Waals surface area contributed by atoms with Crippen LogP contribution in [0.2, 0.25) is 0 Å². The van der Waals surface area contributed by atoms with Crippen LogP contribution in [0, 0.1) is 5.92 Å². The number of alkyl carbamates (subject to hydrolysis) is 1. The van der Waals surface area contributed by atoms with Gasteiger partial charge in [0.25, 0.3) is 0 Å². The molecule has 4 aromatic rings. The number of carbonyl (C=O) groups excluding carboxylic acids is 3. The molecule has 2 aromatic carbocycles. The van der Waals surface area contributed by atoms with Crippen LogP contribution < -0.4 is 11.2 Å². The number of nitrogens with zero attached hydrogens (tertiary/aromatic N) is 5. The zero-order valence-electron chi connectivity index (χ0n) is 26.9. The van der Waals surface area contributed by atoms with Crippen LogP contribution in [0.4, 0.5) is 9.59 Å². The van der Waals surface area contributed by atoms with Crippen molar-refractivity contribution in [1.29, 1.82) is 0 Å². The Labute approximate surface area is 273 Å². The maximum atomic E-state index is 13.5.